The van der Waals surface area contributed by atoms with E-state index in [2.05, 4.69) is 4.72 Å². The minimum Gasteiger partial charge on any atom is -0.480 e. The van der Waals surface area contributed by atoms with E-state index in [1.807, 2.05) is 6.07 Å². The second-order valence-electron chi connectivity index (χ2n) is 8.85. The summed E-state index contributed by atoms with van der Waals surface area (Å²) in [6.45, 7) is 0. The Hall–Kier alpha value is -2.37. The third kappa shape index (κ3) is 5.05. The van der Waals surface area contributed by atoms with E-state index in [-0.39, 0.29) is 28.0 Å². The molecule has 1 amide bonds. The average molecular weight is 565 g/mol. The summed E-state index contributed by atoms with van der Waals surface area (Å²) in [5.41, 5.74) is -1.20. The zero-order valence-corrected chi connectivity index (χ0v) is 22.8. The summed E-state index contributed by atoms with van der Waals surface area (Å²) >= 11 is 8.31. The molecule has 190 valence electrons. The van der Waals surface area contributed by atoms with Crippen LogP contribution in [-0.4, -0.2) is 61.4 Å². The molecule has 0 aliphatic heterocycles. The Kier molecular flexibility index (Phi) is 7.55. The molecule has 1 fully saturated rings. The molecule has 0 spiro atoms. The maximum atomic E-state index is 13.4. The van der Waals surface area contributed by atoms with Crippen LogP contribution >= 0.6 is 34.7 Å². The summed E-state index contributed by atoms with van der Waals surface area (Å²) in [7, 11) is -0.843. The lowest BCUT2D eigenvalue weighted by atomic mass is 9.92. The number of hydrogen-bond acceptors (Lipinski definition) is 6. The molecule has 11 heteroatoms. The van der Waals surface area contributed by atoms with E-state index in [1.54, 1.807) is 68.7 Å². The molecule has 7 nitrogen and oxygen atoms in total. The second kappa shape index (κ2) is 10.2. The van der Waals surface area contributed by atoms with Gasteiger partial charge in [-0.15, -0.1) is 11.3 Å². The topological polar surface area (TPSA) is 104 Å². The number of carbonyl (C=O) groups is 2. The summed E-state index contributed by atoms with van der Waals surface area (Å²) in [4.78, 5) is 26.9. The van der Waals surface area contributed by atoms with Gasteiger partial charge in [-0.3, -0.25) is 9.59 Å². The SMILES string of the molecule is CN(C)C(=O)CSCC1(c2ccccc2)CC1(NS(=O)(=O)c1ccc(-c2ccc(Cl)cc2)s1)C(=O)O. The van der Waals surface area contributed by atoms with Crippen LogP contribution in [0, 0.1) is 0 Å². The molecule has 1 saturated carbocycles. The van der Waals surface area contributed by atoms with E-state index in [0.717, 1.165) is 21.8 Å². The number of amides is 1. The molecule has 0 radical (unpaired) electrons. The van der Waals surface area contributed by atoms with Crippen LogP contribution < -0.4 is 4.72 Å². The lowest BCUT2D eigenvalue weighted by Gasteiger charge is -2.24. The van der Waals surface area contributed by atoms with Crippen molar-refractivity contribution in [3.63, 3.8) is 0 Å². The van der Waals surface area contributed by atoms with E-state index in [9.17, 15) is 23.1 Å². The van der Waals surface area contributed by atoms with Gasteiger partial charge in [-0.2, -0.15) is 16.5 Å². The van der Waals surface area contributed by atoms with Gasteiger partial charge < -0.3 is 10.0 Å². The molecule has 0 bridgehead atoms. The van der Waals surface area contributed by atoms with Gasteiger partial charge in [-0.05, 0) is 41.8 Å². The maximum Gasteiger partial charge on any atom is 0.325 e. The Morgan fingerprint density at radius 2 is 1.75 bits per heavy atom. The van der Waals surface area contributed by atoms with Gasteiger partial charge in [0.2, 0.25) is 5.91 Å². The number of halogens is 1. The summed E-state index contributed by atoms with van der Waals surface area (Å²) in [5, 5.41) is 10.9. The van der Waals surface area contributed by atoms with Gasteiger partial charge in [-0.1, -0.05) is 54.1 Å². The fourth-order valence-electron chi connectivity index (χ4n) is 4.18. The van der Waals surface area contributed by atoms with Crippen LogP contribution in [0.3, 0.4) is 0 Å². The Bertz CT molecular complexity index is 1380. The maximum absolute atomic E-state index is 13.4. The molecule has 3 aromatic rings. The van der Waals surface area contributed by atoms with Crippen molar-refractivity contribution in [2.45, 2.75) is 21.6 Å². The first-order valence-electron chi connectivity index (χ1n) is 11.0. The number of carboxylic acids is 1. The highest BCUT2D eigenvalue weighted by atomic mass is 35.5. The molecule has 2 aromatic carbocycles. The summed E-state index contributed by atoms with van der Waals surface area (Å²) in [6.07, 6.45) is 0.0805. The number of sulfonamides is 1. The van der Waals surface area contributed by atoms with E-state index >= 15 is 0 Å². The quantitative estimate of drug-likeness (QED) is 0.380. The van der Waals surface area contributed by atoms with Crippen molar-refractivity contribution in [1.29, 1.82) is 0 Å². The van der Waals surface area contributed by atoms with Crippen molar-refractivity contribution < 1.29 is 23.1 Å². The minimum absolute atomic E-state index is 0.0253. The third-order valence-electron chi connectivity index (χ3n) is 6.31. The summed E-state index contributed by atoms with van der Waals surface area (Å²) < 4.78 is 29.4. The largest absolute Gasteiger partial charge is 0.480 e. The van der Waals surface area contributed by atoms with Crippen molar-refractivity contribution in [2.75, 3.05) is 25.6 Å². The van der Waals surface area contributed by atoms with Gasteiger partial charge in [0.05, 0.1) is 5.75 Å². The monoisotopic (exact) mass is 564 g/mol. The van der Waals surface area contributed by atoms with Crippen LogP contribution in [0.25, 0.3) is 10.4 Å². The number of aliphatic carboxylic acids is 1. The number of hydrogen-bond donors (Lipinski definition) is 2. The van der Waals surface area contributed by atoms with Crippen LogP contribution in [0.15, 0.2) is 70.9 Å². The molecule has 1 aromatic heterocycles. The van der Waals surface area contributed by atoms with Crippen molar-refractivity contribution in [2.24, 2.45) is 0 Å². The number of benzene rings is 2. The number of nitrogens with zero attached hydrogens (tertiary/aromatic N) is 1. The van der Waals surface area contributed by atoms with Gasteiger partial charge in [0.25, 0.3) is 10.0 Å². The van der Waals surface area contributed by atoms with E-state index < -0.39 is 26.9 Å². The van der Waals surface area contributed by atoms with Crippen molar-refractivity contribution >= 4 is 56.6 Å². The fraction of sp³-hybridized carbons (Fsp3) is 0.280. The molecular formula is C25H25ClN2O5S3. The predicted octanol–water partition coefficient (Wildman–Crippen LogP) is 4.33. The number of thioether (sulfide) groups is 1. The highest BCUT2D eigenvalue weighted by Gasteiger charge is 2.74. The van der Waals surface area contributed by atoms with Gasteiger partial charge in [0, 0.05) is 35.2 Å². The summed E-state index contributed by atoms with van der Waals surface area (Å²) in [5.74, 6) is -0.909. The van der Waals surface area contributed by atoms with E-state index in [0.29, 0.717) is 10.6 Å². The molecule has 2 unspecified atom stereocenters. The molecule has 2 atom stereocenters. The Morgan fingerprint density at radius 1 is 1.08 bits per heavy atom. The molecule has 2 N–H and O–H groups in total. The van der Waals surface area contributed by atoms with Crippen molar-refractivity contribution in [1.82, 2.24) is 9.62 Å². The molecule has 0 saturated heterocycles. The lowest BCUT2D eigenvalue weighted by molar-refractivity contribution is -0.140. The molecular weight excluding hydrogens is 540 g/mol. The molecule has 4 rings (SSSR count). The van der Waals surface area contributed by atoms with E-state index in [1.165, 1.54) is 22.7 Å². The zero-order valence-electron chi connectivity index (χ0n) is 19.6. The van der Waals surface area contributed by atoms with Gasteiger partial charge in [-0.25, -0.2) is 8.42 Å². The predicted molar refractivity (Wildman–Crippen MR) is 144 cm³/mol. The zero-order chi connectivity index (χ0) is 26.1. The highest BCUT2D eigenvalue weighted by molar-refractivity contribution is 8.00. The number of thiophene rings is 1. The summed E-state index contributed by atoms with van der Waals surface area (Å²) in [6, 6.07) is 19.2. The molecule has 1 aliphatic rings. The van der Waals surface area contributed by atoms with Crippen LogP contribution in [0.4, 0.5) is 0 Å². The van der Waals surface area contributed by atoms with Crippen LogP contribution in [-0.2, 0) is 25.0 Å². The van der Waals surface area contributed by atoms with Crippen LogP contribution in [0.2, 0.25) is 5.02 Å². The smallest absolute Gasteiger partial charge is 0.325 e. The van der Waals surface area contributed by atoms with Crippen LogP contribution in [0.5, 0.6) is 0 Å². The normalized spacial score (nSPS) is 21.2. The number of nitrogens with one attached hydrogen (secondary N) is 1. The van der Waals surface area contributed by atoms with Crippen LogP contribution in [0.1, 0.15) is 12.0 Å². The van der Waals surface area contributed by atoms with E-state index in [4.69, 9.17) is 11.6 Å². The first-order chi connectivity index (χ1) is 17.0. The molecule has 1 heterocycles. The lowest BCUT2D eigenvalue weighted by Crippen LogP contribution is -2.49. The minimum atomic E-state index is -4.15. The van der Waals surface area contributed by atoms with Gasteiger partial charge in [0.15, 0.2) is 0 Å². The standard InChI is InChI=1S/C25H25ClN2O5S3/c1-28(2)21(29)14-34-16-24(18-6-4-3-5-7-18)15-25(24,23(30)31)27-36(32,33)22-13-12-20(35-22)17-8-10-19(26)11-9-17/h3-13,27H,14-16H2,1-2H3,(H,30,31). The average Bonchev–Trinajstić information content (AvgIpc) is 3.22. The molecule has 1 aliphatic carbocycles. The highest BCUT2D eigenvalue weighted by Crippen LogP contribution is 2.60. The Balaban J connectivity index is 1.64. The Labute approximate surface area is 223 Å². The molecule has 36 heavy (non-hydrogen) atoms. The first-order valence-corrected chi connectivity index (χ1v) is 14.8. The number of carboxylic acid groups (broad SMARTS) is 1. The number of rotatable bonds is 10. The first kappa shape index (κ1) is 26.7. The van der Waals surface area contributed by atoms with Crippen molar-refractivity contribution in [3.05, 3.63) is 77.3 Å². The van der Waals surface area contributed by atoms with Gasteiger partial charge >= 0.3 is 5.97 Å². The number of carbonyl (C=O) groups excluding carboxylic acids is 1. The van der Waals surface area contributed by atoms with Crippen molar-refractivity contribution in [3.8, 4) is 10.4 Å². The third-order valence-corrected chi connectivity index (χ3v) is 10.8. The second-order valence-corrected chi connectivity index (χ2v) is 13.3. The van der Waals surface area contributed by atoms with Gasteiger partial charge in [0.1, 0.15) is 9.75 Å². The Morgan fingerprint density at radius 3 is 2.36 bits per heavy atom. The fourth-order valence-corrected chi connectivity index (χ4v) is 8.45.